The Morgan fingerprint density at radius 1 is 0.964 bits per heavy atom. The molecule has 2 aromatic carbocycles. The molecule has 2 rings (SSSR count). The molecule has 0 aliphatic carbocycles. The van der Waals surface area contributed by atoms with Crippen molar-refractivity contribution in [3.63, 3.8) is 0 Å². The molecular weight excluding hydrogens is 382 g/mol. The van der Waals surface area contributed by atoms with E-state index in [0.29, 0.717) is 23.1 Å². The fraction of sp³-hybridized carbons (Fsp3) is 0.200. The van der Waals surface area contributed by atoms with E-state index in [1.54, 1.807) is 48.5 Å². The zero-order valence-corrected chi connectivity index (χ0v) is 16.2. The lowest BCUT2D eigenvalue weighted by Crippen LogP contribution is -2.29. The molecule has 0 aromatic heterocycles. The number of amides is 1. The molecule has 0 aliphatic rings. The number of aryl methyl sites for hydroxylation is 1. The van der Waals surface area contributed by atoms with Crippen molar-refractivity contribution in [2.75, 3.05) is 13.7 Å². The number of benzene rings is 2. The summed E-state index contributed by atoms with van der Waals surface area (Å²) in [5.74, 6) is -0.960. The summed E-state index contributed by atoms with van der Waals surface area (Å²) in [6.07, 6.45) is 0.816. The normalized spacial score (nSPS) is 9.75. The highest BCUT2D eigenvalue weighted by Gasteiger charge is 2.11. The molecule has 0 radical (unpaired) electrons. The molecule has 0 fully saturated rings. The average molecular weight is 404 g/mol. The third kappa shape index (κ3) is 6.51. The first kappa shape index (κ1) is 22.9. The zero-order chi connectivity index (χ0) is 19.8. The number of methoxy groups -OCH3 is 1. The van der Waals surface area contributed by atoms with Gasteiger partial charge in [-0.15, -0.1) is 12.4 Å². The Kier molecular flexibility index (Phi) is 8.84. The van der Waals surface area contributed by atoms with Crippen LogP contribution in [0.15, 0.2) is 48.5 Å². The van der Waals surface area contributed by atoms with Gasteiger partial charge in [0.15, 0.2) is 5.78 Å². The Morgan fingerprint density at radius 2 is 1.50 bits per heavy atom. The number of Topliss-reactive ketones (excluding diaryl/α,β-unsaturated/α-hetero) is 1. The largest absolute Gasteiger partial charge is 0.469 e. The topological polar surface area (TPSA) is 122 Å². The number of amidine groups is 1. The number of carbonyl (C=O) groups is 3. The molecule has 0 bridgehead atoms. The number of rotatable bonds is 8. The molecule has 148 valence electrons. The molecule has 0 spiro atoms. The maximum atomic E-state index is 12.2. The lowest BCUT2D eigenvalue weighted by molar-refractivity contribution is -0.140. The first-order valence-corrected chi connectivity index (χ1v) is 8.32. The van der Waals surface area contributed by atoms with Gasteiger partial charge in [0, 0.05) is 23.1 Å². The minimum atomic E-state index is -0.381. The van der Waals surface area contributed by atoms with Crippen LogP contribution >= 0.6 is 12.4 Å². The second kappa shape index (κ2) is 10.8. The lowest BCUT2D eigenvalue weighted by atomic mass is 10.0. The lowest BCUT2D eigenvalue weighted by Gasteiger charge is -2.07. The summed E-state index contributed by atoms with van der Waals surface area (Å²) in [4.78, 5) is 35.5. The predicted octanol–water partition coefficient (Wildman–Crippen LogP) is 2.11. The average Bonchev–Trinajstić information content (AvgIpc) is 2.70. The molecule has 0 saturated heterocycles. The van der Waals surface area contributed by atoms with Crippen molar-refractivity contribution in [2.45, 2.75) is 12.8 Å². The van der Waals surface area contributed by atoms with Crippen LogP contribution in [-0.2, 0) is 16.0 Å². The summed E-state index contributed by atoms with van der Waals surface area (Å²) in [5, 5.41) is 9.90. The number of hydrogen-bond acceptors (Lipinski definition) is 5. The molecule has 0 heterocycles. The van der Waals surface area contributed by atoms with Crippen molar-refractivity contribution >= 4 is 35.9 Å². The number of nitrogen functional groups attached to an aromatic ring is 1. The van der Waals surface area contributed by atoms with Crippen LogP contribution in [0.4, 0.5) is 0 Å². The van der Waals surface area contributed by atoms with Gasteiger partial charge < -0.3 is 15.8 Å². The van der Waals surface area contributed by atoms with Crippen LogP contribution in [0, 0.1) is 5.41 Å². The van der Waals surface area contributed by atoms with Gasteiger partial charge in [-0.3, -0.25) is 19.8 Å². The third-order valence-electron chi connectivity index (χ3n) is 3.99. The molecule has 0 saturated carbocycles. The summed E-state index contributed by atoms with van der Waals surface area (Å²) in [6.45, 7) is -0.130. The first-order valence-electron chi connectivity index (χ1n) is 8.32. The summed E-state index contributed by atoms with van der Waals surface area (Å²) in [6, 6.07) is 13.1. The quantitative estimate of drug-likeness (QED) is 0.269. The molecule has 0 unspecified atom stereocenters. The SMILES string of the molecule is COC(=O)CCc1ccc(C(=O)CNC(=O)c2ccc(C(=N)N)cc2)cc1.Cl. The van der Waals surface area contributed by atoms with Crippen molar-refractivity contribution in [3.8, 4) is 0 Å². The van der Waals surface area contributed by atoms with Gasteiger partial charge in [-0.1, -0.05) is 36.4 Å². The number of ketones is 1. The number of nitrogens with one attached hydrogen (secondary N) is 2. The van der Waals surface area contributed by atoms with Crippen LogP contribution in [0.3, 0.4) is 0 Å². The van der Waals surface area contributed by atoms with E-state index < -0.39 is 0 Å². The number of hydrogen-bond donors (Lipinski definition) is 3. The standard InChI is InChI=1S/C20H21N3O4.ClH/c1-27-18(25)11-4-13-2-5-14(6-3-13)17(24)12-23-20(26)16-9-7-15(8-10-16)19(21)22;/h2-3,5-10H,4,11-12H2,1H3,(H3,21,22)(H,23,26);1H. The third-order valence-corrected chi connectivity index (χ3v) is 3.99. The van der Waals surface area contributed by atoms with Gasteiger partial charge in [0.05, 0.1) is 13.7 Å². The highest BCUT2D eigenvalue weighted by molar-refractivity contribution is 6.02. The van der Waals surface area contributed by atoms with E-state index in [9.17, 15) is 14.4 Å². The van der Waals surface area contributed by atoms with E-state index in [1.807, 2.05) is 0 Å². The van der Waals surface area contributed by atoms with E-state index in [2.05, 4.69) is 10.1 Å². The number of esters is 1. The summed E-state index contributed by atoms with van der Waals surface area (Å²) in [7, 11) is 1.34. The van der Waals surface area contributed by atoms with E-state index >= 15 is 0 Å². The number of ether oxygens (including phenoxy) is 1. The van der Waals surface area contributed by atoms with Crippen molar-refractivity contribution in [1.29, 1.82) is 5.41 Å². The maximum Gasteiger partial charge on any atom is 0.305 e. The van der Waals surface area contributed by atoms with Gasteiger partial charge in [0.2, 0.25) is 0 Å². The molecular formula is C20H22ClN3O4. The van der Waals surface area contributed by atoms with E-state index in [-0.39, 0.29) is 48.9 Å². The van der Waals surface area contributed by atoms with Crippen molar-refractivity contribution in [1.82, 2.24) is 5.32 Å². The maximum absolute atomic E-state index is 12.2. The Morgan fingerprint density at radius 3 is 2.04 bits per heavy atom. The van der Waals surface area contributed by atoms with Gasteiger partial charge in [-0.2, -0.15) is 0 Å². The van der Waals surface area contributed by atoms with Crippen molar-refractivity contribution < 1.29 is 19.1 Å². The van der Waals surface area contributed by atoms with E-state index in [1.165, 1.54) is 7.11 Å². The number of halogens is 1. The van der Waals surface area contributed by atoms with Crippen LogP contribution < -0.4 is 11.1 Å². The van der Waals surface area contributed by atoms with E-state index in [0.717, 1.165) is 5.56 Å². The van der Waals surface area contributed by atoms with Gasteiger partial charge in [-0.25, -0.2) is 0 Å². The Hall–Kier alpha value is -3.19. The minimum absolute atomic E-state index is 0. The van der Waals surface area contributed by atoms with E-state index in [4.69, 9.17) is 11.1 Å². The number of carbonyl (C=O) groups excluding carboxylic acids is 3. The monoisotopic (exact) mass is 403 g/mol. The van der Waals surface area contributed by atoms with Gasteiger partial charge in [0.25, 0.3) is 5.91 Å². The first-order chi connectivity index (χ1) is 12.9. The molecule has 28 heavy (non-hydrogen) atoms. The molecule has 0 atom stereocenters. The Balaban J connectivity index is 0.00000392. The van der Waals surface area contributed by atoms with Crippen LogP contribution in [0.2, 0.25) is 0 Å². The van der Waals surface area contributed by atoms with Crippen molar-refractivity contribution in [3.05, 3.63) is 70.8 Å². The summed E-state index contributed by atoms with van der Waals surface area (Å²) < 4.78 is 4.59. The zero-order valence-electron chi connectivity index (χ0n) is 15.4. The molecule has 4 N–H and O–H groups in total. The minimum Gasteiger partial charge on any atom is -0.469 e. The second-order valence-corrected chi connectivity index (χ2v) is 5.87. The van der Waals surface area contributed by atoms with Crippen LogP contribution in [0.1, 0.15) is 38.3 Å². The highest BCUT2D eigenvalue weighted by atomic mass is 35.5. The van der Waals surface area contributed by atoms with Gasteiger partial charge in [-0.05, 0) is 24.1 Å². The highest BCUT2D eigenvalue weighted by Crippen LogP contribution is 2.08. The molecule has 1 amide bonds. The van der Waals surface area contributed by atoms with Crippen LogP contribution in [-0.4, -0.2) is 37.1 Å². The fourth-order valence-corrected chi connectivity index (χ4v) is 2.37. The van der Waals surface area contributed by atoms with Gasteiger partial charge in [0.1, 0.15) is 5.84 Å². The van der Waals surface area contributed by atoms with Crippen LogP contribution in [0.5, 0.6) is 0 Å². The Bertz CT molecular complexity index is 849. The van der Waals surface area contributed by atoms with Crippen LogP contribution in [0.25, 0.3) is 0 Å². The van der Waals surface area contributed by atoms with Gasteiger partial charge >= 0.3 is 5.97 Å². The molecule has 2 aromatic rings. The fourth-order valence-electron chi connectivity index (χ4n) is 2.37. The smallest absolute Gasteiger partial charge is 0.305 e. The summed E-state index contributed by atoms with van der Waals surface area (Å²) >= 11 is 0. The summed E-state index contributed by atoms with van der Waals surface area (Å²) in [5.41, 5.74) is 7.67. The molecule has 7 nitrogen and oxygen atoms in total. The molecule has 8 heteroatoms. The predicted molar refractivity (Wildman–Crippen MR) is 108 cm³/mol. The van der Waals surface area contributed by atoms with Crippen molar-refractivity contribution in [2.24, 2.45) is 5.73 Å². The number of nitrogens with two attached hydrogens (primary N) is 1. The Labute approximate surface area is 169 Å². The second-order valence-electron chi connectivity index (χ2n) is 5.87. The molecule has 0 aliphatic heterocycles.